The Morgan fingerprint density at radius 1 is 1.28 bits per heavy atom. The number of carbonyl (C=O) groups is 2. The molecule has 1 heterocycles. The summed E-state index contributed by atoms with van der Waals surface area (Å²) < 4.78 is 7.34. The molecule has 0 atom stereocenters. The molecule has 0 bridgehead atoms. The molecule has 3 rings (SSSR count). The van der Waals surface area contributed by atoms with Gasteiger partial charge in [-0.05, 0) is 50.0 Å². The molecule has 0 spiro atoms. The van der Waals surface area contributed by atoms with Crippen molar-refractivity contribution in [1.82, 2.24) is 9.47 Å². The Morgan fingerprint density at radius 2 is 1.97 bits per heavy atom. The lowest BCUT2D eigenvalue weighted by molar-refractivity contribution is -0.148. The van der Waals surface area contributed by atoms with Gasteiger partial charge >= 0.3 is 5.97 Å². The summed E-state index contributed by atoms with van der Waals surface area (Å²) in [6, 6.07) is 13.9. The van der Waals surface area contributed by atoms with E-state index in [4.69, 9.17) is 4.74 Å². The molecular weight excluding hydrogens is 366 g/mol. The van der Waals surface area contributed by atoms with Gasteiger partial charge in [-0.25, -0.2) is 4.79 Å². The number of hydrogen-bond acceptors (Lipinski definition) is 4. The zero-order valence-corrected chi connectivity index (χ0v) is 17.0. The number of hydrogen-bond donors (Lipinski definition) is 0. The van der Waals surface area contributed by atoms with E-state index in [1.165, 1.54) is 4.90 Å². The van der Waals surface area contributed by atoms with Crippen molar-refractivity contribution in [1.29, 1.82) is 5.26 Å². The number of aromatic nitrogens is 1. The molecular formula is C23H25N3O3. The van der Waals surface area contributed by atoms with Crippen LogP contribution in [0.15, 0.2) is 42.0 Å². The van der Waals surface area contributed by atoms with Crippen LogP contribution in [0.4, 0.5) is 0 Å². The number of benzene rings is 1. The summed E-state index contributed by atoms with van der Waals surface area (Å²) in [5, 5.41) is 9.39. The third-order valence-electron chi connectivity index (χ3n) is 5.09. The molecule has 29 heavy (non-hydrogen) atoms. The van der Waals surface area contributed by atoms with Gasteiger partial charge in [-0.15, -0.1) is 0 Å². The van der Waals surface area contributed by atoms with Gasteiger partial charge in [0.25, 0.3) is 5.91 Å². The summed E-state index contributed by atoms with van der Waals surface area (Å²) in [4.78, 5) is 26.1. The maximum Gasteiger partial charge on any atom is 0.349 e. The number of amides is 1. The van der Waals surface area contributed by atoms with Gasteiger partial charge in [0.15, 0.2) is 6.61 Å². The lowest BCUT2D eigenvalue weighted by atomic mass is 10.1. The summed E-state index contributed by atoms with van der Waals surface area (Å²) in [6.45, 7) is 4.03. The first-order chi connectivity index (χ1) is 13.9. The number of aryl methyl sites for hydroxylation is 1. The molecule has 1 aromatic heterocycles. The Hall–Kier alpha value is -3.33. The van der Waals surface area contributed by atoms with Gasteiger partial charge in [-0.1, -0.05) is 30.3 Å². The number of likely N-dealkylation sites (N-methyl/N-ethyl adjacent to an activating group) is 1. The van der Waals surface area contributed by atoms with E-state index in [1.54, 1.807) is 13.1 Å². The minimum Gasteiger partial charge on any atom is -0.451 e. The first-order valence-electron chi connectivity index (χ1n) is 9.66. The quantitative estimate of drug-likeness (QED) is 0.411. The van der Waals surface area contributed by atoms with Gasteiger partial charge < -0.3 is 14.2 Å². The largest absolute Gasteiger partial charge is 0.451 e. The van der Waals surface area contributed by atoms with Crippen molar-refractivity contribution >= 4 is 18.0 Å². The van der Waals surface area contributed by atoms with E-state index in [1.807, 2.05) is 56.3 Å². The molecule has 1 fully saturated rings. The van der Waals surface area contributed by atoms with Crippen molar-refractivity contribution < 1.29 is 14.3 Å². The summed E-state index contributed by atoms with van der Waals surface area (Å²) in [5.41, 5.74) is 3.84. The van der Waals surface area contributed by atoms with E-state index in [-0.39, 0.29) is 11.5 Å². The van der Waals surface area contributed by atoms with Crippen LogP contribution in [0.2, 0.25) is 0 Å². The second-order valence-electron chi connectivity index (χ2n) is 7.41. The molecule has 0 aliphatic heterocycles. The average Bonchev–Trinajstić information content (AvgIpc) is 3.50. The maximum absolute atomic E-state index is 12.3. The minimum atomic E-state index is -0.787. The van der Waals surface area contributed by atoms with Gasteiger partial charge in [0.05, 0.1) is 0 Å². The Balaban J connectivity index is 1.61. The summed E-state index contributed by atoms with van der Waals surface area (Å²) >= 11 is 0. The molecule has 2 aromatic rings. The molecule has 1 aromatic carbocycles. The number of carbonyl (C=O) groups excluding carboxylic acids is 2. The molecule has 6 heteroatoms. The summed E-state index contributed by atoms with van der Waals surface area (Å²) in [5.74, 6) is -1.11. The predicted molar refractivity (Wildman–Crippen MR) is 110 cm³/mol. The fourth-order valence-corrected chi connectivity index (χ4v) is 3.40. The summed E-state index contributed by atoms with van der Waals surface area (Å²) in [7, 11) is 1.65. The monoisotopic (exact) mass is 391 g/mol. The molecule has 6 nitrogen and oxygen atoms in total. The van der Waals surface area contributed by atoms with Crippen LogP contribution in [0, 0.1) is 25.2 Å². The topological polar surface area (TPSA) is 75.3 Å². The molecule has 1 saturated carbocycles. The van der Waals surface area contributed by atoms with Crippen LogP contribution in [0.3, 0.4) is 0 Å². The summed E-state index contributed by atoms with van der Waals surface area (Å²) in [6.07, 6.45) is 3.86. The van der Waals surface area contributed by atoms with E-state index < -0.39 is 12.6 Å². The number of nitrogens with zero attached hydrogens (tertiary/aromatic N) is 3. The van der Waals surface area contributed by atoms with E-state index in [0.717, 1.165) is 35.4 Å². The Kier molecular flexibility index (Phi) is 6.18. The van der Waals surface area contributed by atoms with Crippen molar-refractivity contribution in [2.45, 2.75) is 39.3 Å². The van der Waals surface area contributed by atoms with E-state index >= 15 is 0 Å². The highest BCUT2D eigenvalue weighted by Gasteiger charge is 2.27. The Morgan fingerprint density at radius 3 is 2.59 bits per heavy atom. The van der Waals surface area contributed by atoms with Gasteiger partial charge in [-0.3, -0.25) is 4.79 Å². The van der Waals surface area contributed by atoms with Crippen LogP contribution in [0.5, 0.6) is 0 Å². The van der Waals surface area contributed by atoms with E-state index in [9.17, 15) is 14.9 Å². The van der Waals surface area contributed by atoms with E-state index in [0.29, 0.717) is 12.6 Å². The smallest absolute Gasteiger partial charge is 0.349 e. The van der Waals surface area contributed by atoms with Crippen molar-refractivity contribution in [2.75, 3.05) is 13.7 Å². The van der Waals surface area contributed by atoms with Crippen LogP contribution in [0.1, 0.15) is 41.4 Å². The molecule has 1 aliphatic carbocycles. The second-order valence-corrected chi connectivity index (χ2v) is 7.41. The second kappa shape index (κ2) is 8.78. The molecule has 1 aliphatic rings. The van der Waals surface area contributed by atoms with Gasteiger partial charge in [0, 0.05) is 31.0 Å². The highest BCUT2D eigenvalue weighted by atomic mass is 16.5. The average molecular weight is 391 g/mol. The third kappa shape index (κ3) is 4.94. The first-order valence-corrected chi connectivity index (χ1v) is 9.66. The molecule has 1 amide bonds. The van der Waals surface area contributed by atoms with Crippen LogP contribution in [-0.4, -0.2) is 35.0 Å². The minimum absolute atomic E-state index is 0.112. The van der Waals surface area contributed by atoms with Crippen LogP contribution < -0.4 is 0 Å². The zero-order valence-electron chi connectivity index (χ0n) is 17.0. The van der Waals surface area contributed by atoms with Gasteiger partial charge in [0.1, 0.15) is 11.6 Å². The van der Waals surface area contributed by atoms with Crippen LogP contribution in [0.25, 0.3) is 6.08 Å². The molecule has 150 valence electrons. The Labute approximate surface area is 171 Å². The highest BCUT2D eigenvalue weighted by Crippen LogP contribution is 2.38. The third-order valence-corrected chi connectivity index (χ3v) is 5.09. The van der Waals surface area contributed by atoms with Crippen molar-refractivity contribution in [2.24, 2.45) is 0 Å². The maximum atomic E-state index is 12.3. The molecule has 0 radical (unpaired) electrons. The van der Waals surface area contributed by atoms with Crippen molar-refractivity contribution in [3.63, 3.8) is 0 Å². The highest BCUT2D eigenvalue weighted by molar-refractivity contribution is 5.99. The molecule has 0 N–H and O–H groups in total. The lowest BCUT2D eigenvalue weighted by Gasteiger charge is -2.17. The molecule has 0 saturated heterocycles. The molecule has 0 unspecified atom stereocenters. The SMILES string of the molecule is Cc1cc(/C=C(\C#N)C(=O)OCC(=O)N(C)Cc2ccccc2)c(C)n1C1CC1. The van der Waals surface area contributed by atoms with Crippen LogP contribution in [-0.2, 0) is 20.9 Å². The first kappa shape index (κ1) is 20.4. The predicted octanol–water partition coefficient (Wildman–Crippen LogP) is 3.55. The number of ether oxygens (including phenoxy) is 1. The number of nitriles is 1. The Bertz CT molecular complexity index is 979. The zero-order chi connectivity index (χ0) is 21.0. The van der Waals surface area contributed by atoms with Gasteiger partial charge in [-0.2, -0.15) is 5.26 Å². The van der Waals surface area contributed by atoms with Gasteiger partial charge in [0.2, 0.25) is 0 Å². The number of esters is 1. The van der Waals surface area contributed by atoms with Crippen molar-refractivity contribution in [3.8, 4) is 6.07 Å². The normalized spacial score (nSPS) is 13.7. The van der Waals surface area contributed by atoms with Crippen molar-refractivity contribution in [3.05, 3.63) is 64.5 Å². The number of rotatable bonds is 7. The fraction of sp³-hybridized carbons (Fsp3) is 0.348. The lowest BCUT2D eigenvalue weighted by Crippen LogP contribution is -2.31. The fourth-order valence-electron chi connectivity index (χ4n) is 3.40. The van der Waals surface area contributed by atoms with Crippen LogP contribution >= 0.6 is 0 Å². The van der Waals surface area contributed by atoms with E-state index in [2.05, 4.69) is 4.57 Å². The standard InChI is InChI=1S/C23H25N3O3/c1-16-11-19(17(2)26(16)21-9-10-21)12-20(13-24)23(28)29-15-22(27)25(3)14-18-7-5-4-6-8-18/h4-8,11-12,21H,9-10,14-15H2,1-3H3/b20-12+.